The van der Waals surface area contributed by atoms with Crippen LogP contribution in [0.25, 0.3) is 0 Å². The molecule has 0 amide bonds. The highest BCUT2D eigenvalue weighted by Crippen LogP contribution is 2.58. The van der Waals surface area contributed by atoms with E-state index in [-0.39, 0.29) is 11.0 Å². The van der Waals surface area contributed by atoms with Crippen molar-refractivity contribution in [2.75, 3.05) is 14.1 Å². The van der Waals surface area contributed by atoms with Crippen molar-refractivity contribution in [3.8, 4) is 0 Å². The van der Waals surface area contributed by atoms with Crippen LogP contribution in [-0.4, -0.2) is 41.5 Å². The molecule has 0 N–H and O–H groups in total. The van der Waals surface area contributed by atoms with Gasteiger partial charge < -0.3 is 9.80 Å². The van der Waals surface area contributed by atoms with Crippen molar-refractivity contribution in [2.45, 2.75) is 119 Å². The summed E-state index contributed by atoms with van der Waals surface area (Å²) in [6, 6.07) is 1.19. The fourth-order valence-electron chi connectivity index (χ4n) is 6.32. The maximum atomic E-state index is 4.02. The third-order valence-electron chi connectivity index (χ3n) is 8.14. The molecule has 0 aromatic rings. The highest BCUT2D eigenvalue weighted by Gasteiger charge is 2.52. The first kappa shape index (κ1) is 27.5. The van der Waals surface area contributed by atoms with Crippen LogP contribution in [0.4, 0.5) is 0 Å². The molecule has 0 aliphatic heterocycles. The first-order valence-electron chi connectivity index (χ1n) is 11.7. The largest absolute Gasteiger partial charge is 0.376 e. The molecule has 0 aromatic heterocycles. The van der Waals surface area contributed by atoms with Crippen LogP contribution in [-0.2, 0) is 0 Å². The van der Waals surface area contributed by atoms with Gasteiger partial charge in [0.25, 0.3) is 0 Å². The summed E-state index contributed by atoms with van der Waals surface area (Å²) in [7, 11) is 4.45. The number of rotatable bonds is 13. The Kier molecular flexibility index (Phi) is 10.3. The van der Waals surface area contributed by atoms with Gasteiger partial charge >= 0.3 is 0 Å². The van der Waals surface area contributed by atoms with Crippen LogP contribution in [0.2, 0.25) is 0 Å². The first-order valence-corrected chi connectivity index (χ1v) is 11.7. The van der Waals surface area contributed by atoms with E-state index < -0.39 is 0 Å². The van der Waals surface area contributed by atoms with Crippen molar-refractivity contribution in [3.63, 3.8) is 0 Å². The second-order valence-electron chi connectivity index (χ2n) is 11.4. The smallest absolute Gasteiger partial charge is 0.0342 e. The zero-order chi connectivity index (χ0) is 22.5. The topological polar surface area (TPSA) is 6.48 Å². The predicted molar refractivity (Wildman–Crippen MR) is 129 cm³/mol. The van der Waals surface area contributed by atoms with Crippen LogP contribution >= 0.6 is 0 Å². The molecule has 168 valence electrons. The Balaban J connectivity index is 6.04. The van der Waals surface area contributed by atoms with Crippen LogP contribution < -0.4 is 0 Å². The van der Waals surface area contributed by atoms with Crippen molar-refractivity contribution in [2.24, 2.45) is 22.7 Å². The Labute approximate surface area is 179 Å². The van der Waals surface area contributed by atoms with Gasteiger partial charge in [0.15, 0.2) is 0 Å². The van der Waals surface area contributed by atoms with E-state index >= 15 is 0 Å². The van der Waals surface area contributed by atoms with Crippen LogP contribution in [0.15, 0.2) is 12.8 Å². The van der Waals surface area contributed by atoms with Gasteiger partial charge in [-0.25, -0.2) is 0 Å². The average Bonchev–Trinajstić information content (AvgIpc) is 2.55. The molecule has 0 spiro atoms. The van der Waals surface area contributed by atoms with Gasteiger partial charge in [-0.15, -0.1) is 0 Å². The van der Waals surface area contributed by atoms with E-state index in [9.17, 15) is 0 Å². The van der Waals surface area contributed by atoms with Crippen LogP contribution in [0.5, 0.6) is 0 Å². The second kappa shape index (κ2) is 10.5. The van der Waals surface area contributed by atoms with Crippen LogP contribution in [0.3, 0.4) is 0 Å². The minimum Gasteiger partial charge on any atom is -0.376 e. The molecule has 0 aromatic carbocycles. The first-order chi connectivity index (χ1) is 12.6. The van der Waals surface area contributed by atoms with Gasteiger partial charge in [-0.2, -0.15) is 0 Å². The summed E-state index contributed by atoms with van der Waals surface area (Å²) in [5.41, 5.74) is 0.639. The molecule has 0 heterocycles. The highest BCUT2D eigenvalue weighted by atomic mass is 15.1. The van der Waals surface area contributed by atoms with Gasteiger partial charge in [-0.3, -0.25) is 0 Å². The van der Waals surface area contributed by atoms with E-state index in [1.54, 1.807) is 0 Å². The maximum Gasteiger partial charge on any atom is 0.0342 e. The maximum absolute atomic E-state index is 4.02. The Bertz CT molecular complexity index is 463. The Morgan fingerprint density at radius 3 is 1.79 bits per heavy atom. The molecular formula is C26H54N2. The summed E-state index contributed by atoms with van der Waals surface area (Å²) in [6.45, 7) is 30.7. The number of hydrogen-bond donors (Lipinski definition) is 0. The Morgan fingerprint density at radius 2 is 1.43 bits per heavy atom. The van der Waals surface area contributed by atoms with Crippen LogP contribution in [0.1, 0.15) is 102 Å². The fraction of sp³-hybridized carbons (Fsp3) is 0.923. The van der Waals surface area contributed by atoms with E-state index in [0.29, 0.717) is 29.3 Å². The normalized spacial score (nSPS) is 17.7. The molecule has 0 saturated heterocycles. The molecule has 3 unspecified atom stereocenters. The molecule has 28 heavy (non-hydrogen) atoms. The summed E-state index contributed by atoms with van der Waals surface area (Å²) >= 11 is 0. The molecule has 0 rings (SSSR count). The third-order valence-corrected chi connectivity index (χ3v) is 8.14. The Morgan fingerprint density at radius 1 is 0.929 bits per heavy atom. The minimum absolute atomic E-state index is 0.0964. The molecule has 3 atom stereocenters. The van der Waals surface area contributed by atoms with E-state index in [2.05, 4.69) is 107 Å². The van der Waals surface area contributed by atoms with Gasteiger partial charge in [0, 0.05) is 24.7 Å². The van der Waals surface area contributed by atoms with E-state index in [0.717, 1.165) is 0 Å². The van der Waals surface area contributed by atoms with E-state index in [1.807, 2.05) is 6.20 Å². The van der Waals surface area contributed by atoms with Gasteiger partial charge in [0.05, 0.1) is 0 Å². The predicted octanol–water partition coefficient (Wildman–Crippen LogP) is 7.45. The molecule has 2 heteroatoms. The molecule has 0 saturated carbocycles. The highest BCUT2D eigenvalue weighted by molar-refractivity contribution is 5.03. The van der Waals surface area contributed by atoms with Crippen LogP contribution in [0, 0.1) is 22.7 Å². The molecule has 0 aliphatic rings. The summed E-state index contributed by atoms with van der Waals surface area (Å²) in [4.78, 5) is 4.83. The third kappa shape index (κ3) is 6.00. The molecule has 0 radical (unpaired) electrons. The zero-order valence-electron chi connectivity index (χ0n) is 21.8. The quantitative estimate of drug-likeness (QED) is 0.320. The lowest BCUT2D eigenvalue weighted by molar-refractivity contribution is -0.0795. The average molecular weight is 395 g/mol. The van der Waals surface area contributed by atoms with Gasteiger partial charge in [-0.1, -0.05) is 54.5 Å². The van der Waals surface area contributed by atoms with Gasteiger partial charge in [-0.05, 0) is 89.8 Å². The second-order valence-corrected chi connectivity index (χ2v) is 11.4. The monoisotopic (exact) mass is 394 g/mol. The SMILES string of the molecule is C=CN(C)C(C)(C)CC(C)(C)C(CCC)(C(C)C)C(C)CC(C)N(C)C(C)C. The zero-order valence-corrected chi connectivity index (χ0v) is 21.8. The standard InChI is InChI=1S/C26H54N2/c1-15-17-26(20(3)4,22(7)18-23(8)28(14)21(5)6)24(9,10)19-25(11,12)27(13)16-2/h16,20-23H,2,15,17-19H2,1,3-14H3. The van der Waals surface area contributed by atoms with Crippen molar-refractivity contribution in [3.05, 3.63) is 12.8 Å². The molecule has 0 bridgehead atoms. The summed E-state index contributed by atoms with van der Waals surface area (Å²) in [5, 5.41) is 0. The lowest BCUT2D eigenvalue weighted by Gasteiger charge is -2.57. The molecule has 0 aliphatic carbocycles. The molecule has 2 nitrogen and oxygen atoms in total. The van der Waals surface area contributed by atoms with Crippen molar-refractivity contribution in [1.82, 2.24) is 9.80 Å². The fourth-order valence-corrected chi connectivity index (χ4v) is 6.32. The summed E-state index contributed by atoms with van der Waals surface area (Å²) < 4.78 is 0. The van der Waals surface area contributed by atoms with Gasteiger partial charge in [0.2, 0.25) is 0 Å². The van der Waals surface area contributed by atoms with Gasteiger partial charge in [0.1, 0.15) is 0 Å². The minimum atomic E-state index is 0.0964. The lowest BCUT2D eigenvalue weighted by atomic mass is 9.49. The van der Waals surface area contributed by atoms with E-state index in [1.165, 1.54) is 25.7 Å². The van der Waals surface area contributed by atoms with Crippen molar-refractivity contribution in [1.29, 1.82) is 0 Å². The summed E-state index contributed by atoms with van der Waals surface area (Å²) in [5.74, 6) is 1.32. The van der Waals surface area contributed by atoms with E-state index in [4.69, 9.17) is 0 Å². The lowest BCUT2D eigenvalue weighted by Crippen LogP contribution is -2.53. The Hall–Kier alpha value is -0.500. The van der Waals surface area contributed by atoms with Crippen molar-refractivity contribution < 1.29 is 0 Å². The number of nitrogens with zero attached hydrogens (tertiary/aromatic N) is 2. The molecular weight excluding hydrogens is 340 g/mol. The molecule has 0 fully saturated rings. The number of hydrogen-bond acceptors (Lipinski definition) is 2. The van der Waals surface area contributed by atoms with Crippen molar-refractivity contribution >= 4 is 0 Å². The summed E-state index contributed by atoms with van der Waals surface area (Å²) in [6.07, 6.45) is 6.95.